The third-order valence-corrected chi connectivity index (χ3v) is 8.53. The third kappa shape index (κ3) is 9.45. The second-order valence-corrected chi connectivity index (χ2v) is 11.7. The molecule has 2 heterocycles. The van der Waals surface area contributed by atoms with Gasteiger partial charge in [-0.15, -0.1) is 0 Å². The molecule has 0 radical (unpaired) electrons. The molecular formula is C29H49N2O2S+. The molecule has 1 fully saturated rings. The Kier molecular flexibility index (Phi) is 12.7. The van der Waals surface area contributed by atoms with Crippen LogP contribution in [0.1, 0.15) is 122 Å². The molecule has 1 aromatic rings. The van der Waals surface area contributed by atoms with E-state index in [1.54, 1.807) is 11.9 Å². The molecule has 3 rings (SSSR count). The molecule has 1 amide bonds. The Labute approximate surface area is 213 Å². The van der Waals surface area contributed by atoms with Gasteiger partial charge in [-0.2, -0.15) is 0 Å². The lowest BCUT2D eigenvalue weighted by Gasteiger charge is -2.31. The number of hydroxylamine groups is 2. The van der Waals surface area contributed by atoms with Crippen LogP contribution in [0.3, 0.4) is 0 Å². The number of likely N-dealkylation sites (tertiary alicyclic amines) is 1. The van der Waals surface area contributed by atoms with E-state index in [0.29, 0.717) is 17.1 Å². The monoisotopic (exact) mass is 489 g/mol. The second kappa shape index (κ2) is 15.7. The van der Waals surface area contributed by atoms with Crippen molar-refractivity contribution in [2.24, 2.45) is 0 Å². The van der Waals surface area contributed by atoms with Crippen LogP contribution >= 0.6 is 11.9 Å². The SMILES string of the molecule is CCCCCCCCCCCCCCCCCC[N+]1(CN2CCCC2=O)Oc2ccccc2S1. The third-order valence-electron chi connectivity index (χ3n) is 7.29. The average molecular weight is 490 g/mol. The number of carbonyl (C=O) groups is 1. The van der Waals surface area contributed by atoms with Crippen molar-refractivity contribution in [2.75, 3.05) is 19.8 Å². The van der Waals surface area contributed by atoms with E-state index >= 15 is 0 Å². The van der Waals surface area contributed by atoms with Gasteiger partial charge in [0, 0.05) is 19.4 Å². The molecule has 0 spiro atoms. The van der Waals surface area contributed by atoms with Crippen LogP contribution in [-0.2, 0) is 4.79 Å². The summed E-state index contributed by atoms with van der Waals surface area (Å²) in [5, 5.41) is 0. The summed E-state index contributed by atoms with van der Waals surface area (Å²) in [6.45, 7) is 4.79. The van der Waals surface area contributed by atoms with Gasteiger partial charge in [-0.1, -0.05) is 113 Å². The largest absolute Gasteiger partial charge is 0.300 e. The van der Waals surface area contributed by atoms with Gasteiger partial charge in [0.05, 0.1) is 0 Å². The number of quaternary nitrogens is 1. The predicted octanol–water partition coefficient (Wildman–Crippen LogP) is 8.66. The highest BCUT2D eigenvalue weighted by atomic mass is 32.2. The molecule has 0 saturated carbocycles. The number of hydrogen-bond donors (Lipinski definition) is 0. The van der Waals surface area contributed by atoms with Crippen molar-refractivity contribution in [2.45, 2.75) is 127 Å². The van der Waals surface area contributed by atoms with Gasteiger partial charge < -0.3 is 0 Å². The first-order chi connectivity index (χ1) is 16.7. The number of nitrogens with zero attached hydrogens (tertiary/aromatic N) is 2. The van der Waals surface area contributed by atoms with E-state index in [0.717, 1.165) is 31.7 Å². The van der Waals surface area contributed by atoms with Gasteiger partial charge in [-0.25, -0.2) is 0 Å². The van der Waals surface area contributed by atoms with Gasteiger partial charge >= 0.3 is 0 Å². The molecule has 0 aliphatic carbocycles. The highest BCUT2D eigenvalue weighted by molar-refractivity contribution is 7.94. The smallest absolute Gasteiger partial charge is 0.227 e. The number of unbranched alkanes of at least 4 members (excludes halogenated alkanes) is 15. The molecule has 1 saturated heterocycles. The van der Waals surface area contributed by atoms with E-state index in [2.05, 4.69) is 25.1 Å². The second-order valence-electron chi connectivity index (χ2n) is 10.4. The Morgan fingerprint density at radius 2 is 1.38 bits per heavy atom. The minimum Gasteiger partial charge on any atom is -0.300 e. The van der Waals surface area contributed by atoms with Crippen molar-refractivity contribution in [1.29, 1.82) is 0 Å². The quantitative estimate of drug-likeness (QED) is 0.111. The van der Waals surface area contributed by atoms with Crippen LogP contribution in [0.15, 0.2) is 29.2 Å². The van der Waals surface area contributed by atoms with Gasteiger partial charge in [0.1, 0.15) is 11.4 Å². The van der Waals surface area contributed by atoms with E-state index in [1.165, 1.54) is 101 Å². The summed E-state index contributed by atoms with van der Waals surface area (Å²) in [5.74, 6) is 1.25. The summed E-state index contributed by atoms with van der Waals surface area (Å²) in [4.78, 5) is 21.9. The summed E-state index contributed by atoms with van der Waals surface area (Å²) in [5.41, 5.74) is 0. The van der Waals surface area contributed by atoms with Crippen molar-refractivity contribution in [1.82, 2.24) is 4.90 Å². The van der Waals surface area contributed by atoms with Crippen molar-refractivity contribution in [3.05, 3.63) is 24.3 Å². The molecule has 2 aliphatic rings. The molecule has 34 heavy (non-hydrogen) atoms. The van der Waals surface area contributed by atoms with E-state index in [1.807, 2.05) is 11.0 Å². The van der Waals surface area contributed by atoms with Crippen molar-refractivity contribution < 1.29 is 13.7 Å². The Balaban J connectivity index is 1.22. The maximum atomic E-state index is 12.3. The van der Waals surface area contributed by atoms with E-state index in [9.17, 15) is 4.79 Å². The number of fused-ring (bicyclic) bond motifs is 1. The Bertz CT molecular complexity index is 686. The van der Waals surface area contributed by atoms with E-state index < -0.39 is 0 Å². The van der Waals surface area contributed by atoms with Gasteiger partial charge in [0.15, 0.2) is 11.9 Å². The molecule has 0 N–H and O–H groups in total. The summed E-state index contributed by atoms with van der Waals surface area (Å²) >= 11 is 1.78. The lowest BCUT2D eigenvalue weighted by atomic mass is 10.0. The van der Waals surface area contributed by atoms with Crippen molar-refractivity contribution >= 4 is 17.9 Å². The first-order valence-electron chi connectivity index (χ1n) is 14.4. The lowest BCUT2D eigenvalue weighted by molar-refractivity contribution is -0.969. The van der Waals surface area contributed by atoms with Gasteiger partial charge in [-0.05, 0) is 25.0 Å². The highest BCUT2D eigenvalue weighted by Crippen LogP contribution is 2.46. The fourth-order valence-electron chi connectivity index (χ4n) is 5.21. The van der Waals surface area contributed by atoms with Crippen LogP contribution < -0.4 is 4.84 Å². The fourth-order valence-corrected chi connectivity index (χ4v) is 6.44. The summed E-state index contributed by atoms with van der Waals surface area (Å²) in [7, 11) is 0. The molecule has 2 aliphatic heterocycles. The zero-order valence-corrected chi connectivity index (χ0v) is 22.6. The molecule has 192 valence electrons. The zero-order chi connectivity index (χ0) is 23.9. The number of benzene rings is 1. The Morgan fingerprint density at radius 1 is 0.824 bits per heavy atom. The van der Waals surface area contributed by atoms with Crippen LogP contribution in [-0.4, -0.2) is 34.6 Å². The van der Waals surface area contributed by atoms with Gasteiger partial charge in [-0.3, -0.25) is 14.5 Å². The molecule has 5 heteroatoms. The maximum Gasteiger partial charge on any atom is 0.227 e. The first-order valence-corrected chi connectivity index (χ1v) is 15.1. The minimum absolute atomic E-state index is 0.282. The predicted molar refractivity (Wildman–Crippen MR) is 143 cm³/mol. The summed E-state index contributed by atoms with van der Waals surface area (Å²) < 4.78 is 0.490. The average Bonchev–Trinajstić information content (AvgIpc) is 3.41. The fraction of sp³-hybridized carbons (Fsp3) is 0.759. The Hall–Kier alpha value is -1.20. The van der Waals surface area contributed by atoms with Crippen LogP contribution in [0.5, 0.6) is 5.75 Å². The molecular weight excluding hydrogens is 440 g/mol. The first kappa shape index (κ1) is 27.4. The topological polar surface area (TPSA) is 29.5 Å². The molecule has 0 bridgehead atoms. The molecule has 4 nitrogen and oxygen atoms in total. The van der Waals surface area contributed by atoms with E-state index in [-0.39, 0.29) is 5.91 Å². The van der Waals surface area contributed by atoms with Crippen LogP contribution in [0, 0.1) is 0 Å². The van der Waals surface area contributed by atoms with Gasteiger partial charge in [0.25, 0.3) is 0 Å². The number of hydrogen-bond acceptors (Lipinski definition) is 3. The van der Waals surface area contributed by atoms with Gasteiger partial charge in [0.2, 0.25) is 18.3 Å². The number of carbonyl (C=O) groups excluding carboxylic acids is 1. The summed E-state index contributed by atoms with van der Waals surface area (Å²) in [6.07, 6.45) is 23.8. The summed E-state index contributed by atoms with van der Waals surface area (Å²) in [6, 6.07) is 8.31. The van der Waals surface area contributed by atoms with Crippen LogP contribution in [0.2, 0.25) is 0 Å². The highest BCUT2D eigenvalue weighted by Gasteiger charge is 2.44. The van der Waals surface area contributed by atoms with E-state index in [4.69, 9.17) is 4.84 Å². The Morgan fingerprint density at radius 3 is 1.91 bits per heavy atom. The molecule has 1 aromatic carbocycles. The number of amides is 1. The minimum atomic E-state index is 0.282. The molecule has 1 atom stereocenters. The van der Waals surface area contributed by atoms with Crippen molar-refractivity contribution in [3.63, 3.8) is 0 Å². The lowest BCUT2D eigenvalue weighted by Crippen LogP contribution is -2.50. The normalized spacial score (nSPS) is 19.6. The zero-order valence-electron chi connectivity index (χ0n) is 21.8. The van der Waals surface area contributed by atoms with Crippen LogP contribution in [0.4, 0.5) is 0 Å². The molecule has 1 unspecified atom stereocenters. The maximum absolute atomic E-state index is 12.3. The number of rotatable bonds is 19. The molecule has 0 aromatic heterocycles. The van der Waals surface area contributed by atoms with Crippen LogP contribution in [0.25, 0.3) is 0 Å². The van der Waals surface area contributed by atoms with Crippen molar-refractivity contribution in [3.8, 4) is 5.75 Å². The number of para-hydroxylation sites is 1. The standard InChI is InChI=1S/C29H49N2O2S/c1-2-3-4-5-6-7-8-9-10-11-12-13-14-15-16-19-25-31(26-30-24-20-23-29(30)32)33-27-21-17-18-22-28(27)34-31/h17-18,21-22H,2-16,19-20,23-26H2,1H3/q+1.